The fourth-order valence-corrected chi connectivity index (χ4v) is 3.13. The Morgan fingerprint density at radius 1 is 1.44 bits per heavy atom. The van der Waals surface area contributed by atoms with Gasteiger partial charge in [0.2, 0.25) is 0 Å². The number of benzene rings is 1. The molecular formula is C19H20N4O4. The van der Waals surface area contributed by atoms with E-state index in [9.17, 15) is 14.4 Å². The Hall–Kier alpha value is -3.21. The molecule has 0 fully saturated rings. The zero-order valence-electron chi connectivity index (χ0n) is 15.3. The van der Waals surface area contributed by atoms with Crippen LogP contribution in [-0.4, -0.2) is 46.0 Å². The van der Waals surface area contributed by atoms with Crippen molar-refractivity contribution in [1.82, 2.24) is 14.5 Å². The van der Waals surface area contributed by atoms with Crippen molar-refractivity contribution >= 4 is 22.8 Å². The molecule has 0 N–H and O–H groups in total. The highest BCUT2D eigenvalue weighted by atomic mass is 16.5. The lowest BCUT2D eigenvalue weighted by Gasteiger charge is -2.20. The Labute approximate surface area is 156 Å². The van der Waals surface area contributed by atoms with Crippen LogP contribution in [0.1, 0.15) is 35.9 Å². The van der Waals surface area contributed by atoms with E-state index in [0.717, 1.165) is 18.7 Å². The maximum atomic E-state index is 12.5. The van der Waals surface area contributed by atoms with E-state index in [2.05, 4.69) is 4.98 Å². The van der Waals surface area contributed by atoms with Gasteiger partial charge in [0, 0.05) is 26.6 Å². The van der Waals surface area contributed by atoms with Crippen molar-refractivity contribution in [2.24, 2.45) is 0 Å². The van der Waals surface area contributed by atoms with Crippen LogP contribution in [0, 0.1) is 11.3 Å². The van der Waals surface area contributed by atoms with Crippen LogP contribution >= 0.6 is 0 Å². The van der Waals surface area contributed by atoms with E-state index >= 15 is 0 Å². The number of nitrogens with zero attached hydrogens (tertiary/aromatic N) is 4. The molecule has 1 atom stereocenters. The number of fused-ring (bicyclic) bond motifs is 2. The van der Waals surface area contributed by atoms with E-state index in [-0.39, 0.29) is 30.0 Å². The van der Waals surface area contributed by atoms with Gasteiger partial charge in [-0.15, -0.1) is 0 Å². The standard InChI is InChI=1S/C19H20N4O4/c1-12(17(24)22(2)9-4-8-20)27-19(26)13-6-7-14-15(11-13)21-16-5-3-10-23(16)18(14)25/h6-7,11-12H,3-5,9-10H2,1-2H3/t12-/m0/s1. The molecule has 8 heteroatoms. The van der Waals surface area contributed by atoms with Crippen molar-refractivity contribution in [1.29, 1.82) is 5.26 Å². The molecule has 0 radical (unpaired) electrons. The summed E-state index contributed by atoms with van der Waals surface area (Å²) in [5.41, 5.74) is 0.583. The van der Waals surface area contributed by atoms with E-state index < -0.39 is 12.1 Å². The first-order valence-corrected chi connectivity index (χ1v) is 8.78. The molecule has 1 aliphatic heterocycles. The lowest BCUT2D eigenvalue weighted by Crippen LogP contribution is -2.37. The van der Waals surface area contributed by atoms with Gasteiger partial charge in [0.15, 0.2) is 6.10 Å². The predicted octanol–water partition coefficient (Wildman–Crippen LogP) is 1.26. The molecule has 0 unspecified atom stereocenters. The smallest absolute Gasteiger partial charge is 0.338 e. The minimum atomic E-state index is -0.976. The number of nitriles is 1. The van der Waals surface area contributed by atoms with Crippen molar-refractivity contribution in [2.45, 2.75) is 38.8 Å². The van der Waals surface area contributed by atoms with Crippen LogP contribution in [-0.2, 0) is 22.5 Å². The number of rotatable bonds is 5. The number of carbonyl (C=O) groups is 2. The summed E-state index contributed by atoms with van der Waals surface area (Å²) in [6, 6.07) is 6.56. The van der Waals surface area contributed by atoms with Crippen molar-refractivity contribution < 1.29 is 14.3 Å². The maximum Gasteiger partial charge on any atom is 0.338 e. The number of likely N-dealkylation sites (N-methyl/N-ethyl adjacent to an activating group) is 1. The molecule has 2 aromatic rings. The normalized spacial score (nSPS) is 13.7. The van der Waals surface area contributed by atoms with Crippen LogP contribution in [0.3, 0.4) is 0 Å². The van der Waals surface area contributed by atoms with E-state index in [4.69, 9.17) is 10.00 Å². The average Bonchev–Trinajstić information content (AvgIpc) is 3.13. The second-order valence-corrected chi connectivity index (χ2v) is 6.54. The second-order valence-electron chi connectivity index (χ2n) is 6.54. The molecule has 0 aliphatic carbocycles. The third kappa shape index (κ3) is 3.67. The van der Waals surface area contributed by atoms with Gasteiger partial charge in [0.1, 0.15) is 5.82 Å². The number of aromatic nitrogens is 2. The SMILES string of the molecule is C[C@H](OC(=O)c1ccc2c(=O)n3c(nc2c1)CCC3)C(=O)N(C)CCC#N. The van der Waals surface area contributed by atoms with Gasteiger partial charge in [-0.05, 0) is 31.5 Å². The van der Waals surface area contributed by atoms with Crippen molar-refractivity contribution in [2.75, 3.05) is 13.6 Å². The first kappa shape index (κ1) is 18.6. The van der Waals surface area contributed by atoms with E-state index in [1.54, 1.807) is 17.7 Å². The topological polar surface area (TPSA) is 105 Å². The highest BCUT2D eigenvalue weighted by molar-refractivity contribution is 5.95. The molecule has 1 amide bonds. The van der Waals surface area contributed by atoms with E-state index in [1.165, 1.54) is 24.0 Å². The quantitative estimate of drug-likeness (QED) is 0.736. The molecule has 0 spiro atoms. The summed E-state index contributed by atoms with van der Waals surface area (Å²) in [6.07, 6.45) is 0.849. The van der Waals surface area contributed by atoms with Crippen molar-refractivity contribution in [3.05, 3.63) is 39.9 Å². The van der Waals surface area contributed by atoms with Gasteiger partial charge >= 0.3 is 5.97 Å². The summed E-state index contributed by atoms with van der Waals surface area (Å²) in [5.74, 6) is -0.317. The third-order valence-electron chi connectivity index (χ3n) is 4.62. The van der Waals surface area contributed by atoms with Gasteiger partial charge in [-0.1, -0.05) is 0 Å². The fraction of sp³-hybridized carbons (Fsp3) is 0.421. The molecule has 27 heavy (non-hydrogen) atoms. The molecule has 0 saturated carbocycles. The molecule has 2 heterocycles. The Kier molecular flexibility index (Phi) is 5.21. The summed E-state index contributed by atoms with van der Waals surface area (Å²) in [7, 11) is 1.55. The minimum Gasteiger partial charge on any atom is -0.449 e. The van der Waals surface area contributed by atoms with Crippen LogP contribution in [0.2, 0.25) is 0 Å². The van der Waals surface area contributed by atoms with E-state index in [1.807, 2.05) is 6.07 Å². The molecule has 3 rings (SSSR count). The molecule has 1 aromatic carbocycles. The zero-order valence-corrected chi connectivity index (χ0v) is 15.3. The van der Waals surface area contributed by atoms with Gasteiger partial charge in [-0.2, -0.15) is 5.26 Å². The highest BCUT2D eigenvalue weighted by Gasteiger charge is 2.23. The lowest BCUT2D eigenvalue weighted by molar-refractivity contribution is -0.138. The monoisotopic (exact) mass is 368 g/mol. The largest absolute Gasteiger partial charge is 0.449 e. The summed E-state index contributed by atoms with van der Waals surface area (Å²) in [5, 5.41) is 9.05. The first-order chi connectivity index (χ1) is 12.9. The molecular weight excluding hydrogens is 348 g/mol. The number of hydrogen-bond acceptors (Lipinski definition) is 6. The Morgan fingerprint density at radius 2 is 2.22 bits per heavy atom. The summed E-state index contributed by atoms with van der Waals surface area (Å²) in [6.45, 7) is 2.42. The maximum absolute atomic E-state index is 12.5. The summed E-state index contributed by atoms with van der Waals surface area (Å²) < 4.78 is 6.91. The Morgan fingerprint density at radius 3 is 2.96 bits per heavy atom. The average molecular weight is 368 g/mol. The van der Waals surface area contributed by atoms with Crippen LogP contribution in [0.25, 0.3) is 10.9 Å². The third-order valence-corrected chi connectivity index (χ3v) is 4.62. The number of hydrogen-bond donors (Lipinski definition) is 0. The van der Waals surface area contributed by atoms with Crippen LogP contribution < -0.4 is 5.56 Å². The number of aryl methyl sites for hydroxylation is 1. The summed E-state index contributed by atoms with van der Waals surface area (Å²) >= 11 is 0. The summed E-state index contributed by atoms with van der Waals surface area (Å²) in [4.78, 5) is 42.9. The van der Waals surface area contributed by atoms with Crippen LogP contribution in [0.15, 0.2) is 23.0 Å². The minimum absolute atomic E-state index is 0.102. The number of carbonyl (C=O) groups excluding carboxylic acids is 2. The molecule has 140 valence electrons. The lowest BCUT2D eigenvalue weighted by atomic mass is 10.1. The highest BCUT2D eigenvalue weighted by Crippen LogP contribution is 2.17. The number of esters is 1. The second kappa shape index (κ2) is 7.58. The molecule has 0 saturated heterocycles. The number of ether oxygens (including phenoxy) is 1. The predicted molar refractivity (Wildman–Crippen MR) is 97.1 cm³/mol. The Balaban J connectivity index is 1.78. The van der Waals surface area contributed by atoms with Crippen molar-refractivity contribution in [3.63, 3.8) is 0 Å². The van der Waals surface area contributed by atoms with Gasteiger partial charge < -0.3 is 9.64 Å². The first-order valence-electron chi connectivity index (χ1n) is 8.78. The Bertz CT molecular complexity index is 1010. The van der Waals surface area contributed by atoms with Gasteiger partial charge in [0.05, 0.1) is 29.0 Å². The molecule has 1 aliphatic rings. The van der Waals surface area contributed by atoms with Gasteiger partial charge in [-0.25, -0.2) is 9.78 Å². The van der Waals surface area contributed by atoms with E-state index in [0.29, 0.717) is 17.4 Å². The molecule has 8 nitrogen and oxygen atoms in total. The molecule has 0 bridgehead atoms. The number of amides is 1. The van der Waals surface area contributed by atoms with Gasteiger partial charge in [-0.3, -0.25) is 14.2 Å². The zero-order chi connectivity index (χ0) is 19.6. The van der Waals surface area contributed by atoms with Crippen molar-refractivity contribution in [3.8, 4) is 6.07 Å². The molecule has 1 aromatic heterocycles. The van der Waals surface area contributed by atoms with Crippen LogP contribution in [0.5, 0.6) is 0 Å². The van der Waals surface area contributed by atoms with Crippen LogP contribution in [0.4, 0.5) is 0 Å². The van der Waals surface area contributed by atoms with Gasteiger partial charge in [0.25, 0.3) is 11.5 Å². The fourth-order valence-electron chi connectivity index (χ4n) is 3.13.